The minimum Gasteiger partial charge on any atom is -0.352 e. The van der Waals surface area contributed by atoms with E-state index in [1.165, 1.54) is 12.8 Å². The molecular weight excluding hydrogens is 312 g/mol. The van der Waals surface area contributed by atoms with Crippen LogP contribution in [0.2, 0.25) is 5.02 Å². The average molecular weight is 337 g/mol. The van der Waals surface area contributed by atoms with Crippen molar-refractivity contribution in [3.05, 3.63) is 34.9 Å². The third kappa shape index (κ3) is 5.24. The van der Waals surface area contributed by atoms with Gasteiger partial charge >= 0.3 is 0 Å². The van der Waals surface area contributed by atoms with Crippen molar-refractivity contribution in [2.75, 3.05) is 13.1 Å². The van der Waals surface area contributed by atoms with Crippen molar-refractivity contribution < 1.29 is 9.59 Å². The number of carbonyl (C=O) groups is 2. The van der Waals surface area contributed by atoms with Crippen LogP contribution in [0, 0.1) is 0 Å². The Morgan fingerprint density at radius 3 is 2.48 bits per heavy atom. The fourth-order valence-electron chi connectivity index (χ4n) is 3.14. The van der Waals surface area contributed by atoms with Gasteiger partial charge in [-0.2, -0.15) is 0 Å². The summed E-state index contributed by atoms with van der Waals surface area (Å²) in [6, 6.07) is 7.21. The Balaban J connectivity index is 1.70. The molecule has 0 aromatic heterocycles. The van der Waals surface area contributed by atoms with Gasteiger partial charge in [-0.25, -0.2) is 0 Å². The molecule has 1 N–H and O–H groups in total. The number of carbonyl (C=O) groups excluding carboxylic acids is 2. The molecule has 0 heterocycles. The first-order valence-electron chi connectivity index (χ1n) is 8.45. The number of hydrogen-bond donors (Lipinski definition) is 1. The summed E-state index contributed by atoms with van der Waals surface area (Å²) in [6.45, 7) is 3.33. The van der Waals surface area contributed by atoms with Crippen LogP contribution in [0.4, 0.5) is 0 Å². The summed E-state index contributed by atoms with van der Waals surface area (Å²) in [4.78, 5) is 26.3. The molecule has 0 radical (unpaired) electrons. The quantitative estimate of drug-likeness (QED) is 0.773. The first-order valence-corrected chi connectivity index (χ1v) is 8.83. The molecule has 1 aromatic rings. The van der Waals surface area contributed by atoms with Crippen LogP contribution < -0.4 is 5.32 Å². The molecule has 2 rings (SSSR count). The highest BCUT2D eigenvalue weighted by Gasteiger charge is 2.24. The van der Waals surface area contributed by atoms with Crippen molar-refractivity contribution in [1.29, 1.82) is 0 Å². The van der Waals surface area contributed by atoms with Crippen molar-refractivity contribution in [3.63, 3.8) is 0 Å². The predicted octanol–water partition coefficient (Wildman–Crippen LogP) is 3.64. The molecule has 1 fully saturated rings. The molecule has 0 atom stereocenters. The monoisotopic (exact) mass is 336 g/mol. The lowest BCUT2D eigenvalue weighted by molar-refractivity contribution is -0.133. The Bertz CT molecular complexity index is 524. The fourth-order valence-corrected chi connectivity index (χ4v) is 3.27. The first kappa shape index (κ1) is 17.8. The Hall–Kier alpha value is -1.55. The molecule has 1 aliphatic carbocycles. The summed E-state index contributed by atoms with van der Waals surface area (Å²) >= 11 is 5.80. The van der Waals surface area contributed by atoms with E-state index in [-0.39, 0.29) is 11.8 Å². The van der Waals surface area contributed by atoms with E-state index in [0.29, 0.717) is 36.0 Å². The molecular formula is C18H25ClN2O2. The Kier molecular flexibility index (Phi) is 6.90. The third-order valence-electron chi connectivity index (χ3n) is 4.39. The van der Waals surface area contributed by atoms with E-state index >= 15 is 0 Å². The second kappa shape index (κ2) is 8.92. The zero-order valence-corrected chi connectivity index (χ0v) is 14.4. The molecule has 0 saturated heterocycles. The van der Waals surface area contributed by atoms with Crippen molar-refractivity contribution in [2.45, 2.75) is 51.5 Å². The zero-order chi connectivity index (χ0) is 16.7. The molecule has 5 heteroatoms. The lowest BCUT2D eigenvalue weighted by Gasteiger charge is -2.27. The lowest BCUT2D eigenvalue weighted by Crippen LogP contribution is -2.38. The average Bonchev–Trinajstić information content (AvgIpc) is 3.07. The van der Waals surface area contributed by atoms with Crippen LogP contribution in [0.25, 0.3) is 0 Å². The van der Waals surface area contributed by atoms with E-state index in [4.69, 9.17) is 11.6 Å². The molecule has 126 valence electrons. The summed E-state index contributed by atoms with van der Waals surface area (Å²) in [6.07, 6.45) is 5.88. The second-order valence-electron chi connectivity index (χ2n) is 5.98. The van der Waals surface area contributed by atoms with Crippen LogP contribution in [-0.2, 0) is 4.79 Å². The van der Waals surface area contributed by atoms with Crippen molar-refractivity contribution in [2.24, 2.45) is 0 Å². The van der Waals surface area contributed by atoms with E-state index < -0.39 is 0 Å². The molecule has 1 aromatic carbocycles. The van der Waals surface area contributed by atoms with Crippen molar-refractivity contribution in [1.82, 2.24) is 10.2 Å². The predicted molar refractivity (Wildman–Crippen MR) is 92.7 cm³/mol. The maximum atomic E-state index is 12.3. The van der Waals surface area contributed by atoms with Gasteiger partial charge in [0.05, 0.1) is 0 Å². The summed E-state index contributed by atoms with van der Waals surface area (Å²) in [5.74, 6) is 0.0809. The summed E-state index contributed by atoms with van der Waals surface area (Å²) in [5.41, 5.74) is 0.585. The molecule has 0 spiro atoms. The van der Waals surface area contributed by atoms with E-state index in [2.05, 4.69) is 5.32 Å². The normalized spacial score (nSPS) is 14.7. The smallest absolute Gasteiger partial charge is 0.251 e. The van der Waals surface area contributed by atoms with Gasteiger partial charge in [0.25, 0.3) is 5.91 Å². The maximum absolute atomic E-state index is 12.3. The van der Waals surface area contributed by atoms with E-state index in [1.807, 2.05) is 11.8 Å². The van der Waals surface area contributed by atoms with Crippen LogP contribution in [0.5, 0.6) is 0 Å². The number of hydrogen-bond acceptors (Lipinski definition) is 2. The molecule has 1 saturated carbocycles. The number of rotatable bonds is 7. The molecule has 0 aliphatic heterocycles. The molecule has 4 nitrogen and oxygen atoms in total. The molecule has 1 aliphatic rings. The van der Waals surface area contributed by atoms with Crippen LogP contribution in [0.15, 0.2) is 24.3 Å². The number of nitrogens with one attached hydrogen (secondary N) is 1. The topological polar surface area (TPSA) is 49.4 Å². The highest BCUT2D eigenvalue weighted by atomic mass is 35.5. The van der Waals surface area contributed by atoms with E-state index in [0.717, 1.165) is 19.4 Å². The second-order valence-corrected chi connectivity index (χ2v) is 6.42. The Labute approximate surface area is 143 Å². The largest absolute Gasteiger partial charge is 0.352 e. The standard InChI is InChI=1S/C18H25ClN2O2/c1-2-21(16-6-3-4-7-16)17(22)8-5-13-20-18(23)14-9-11-15(19)12-10-14/h9-12,16H,2-8,13H2,1H3,(H,20,23). The number of benzene rings is 1. The summed E-state index contributed by atoms with van der Waals surface area (Å²) < 4.78 is 0. The van der Waals surface area contributed by atoms with Gasteiger partial charge in [0.2, 0.25) is 5.91 Å². The van der Waals surface area contributed by atoms with Gasteiger partial charge in [0.15, 0.2) is 0 Å². The molecule has 23 heavy (non-hydrogen) atoms. The first-order chi connectivity index (χ1) is 11.1. The van der Waals surface area contributed by atoms with Gasteiger partial charge in [-0.1, -0.05) is 24.4 Å². The summed E-state index contributed by atoms with van der Waals surface area (Å²) in [7, 11) is 0. The Morgan fingerprint density at radius 2 is 1.87 bits per heavy atom. The lowest BCUT2D eigenvalue weighted by atomic mass is 10.1. The zero-order valence-electron chi connectivity index (χ0n) is 13.7. The van der Waals surface area contributed by atoms with Gasteiger partial charge in [-0.05, 0) is 50.5 Å². The van der Waals surface area contributed by atoms with Crippen molar-refractivity contribution in [3.8, 4) is 0 Å². The van der Waals surface area contributed by atoms with Gasteiger partial charge in [0.1, 0.15) is 0 Å². The number of amides is 2. The van der Waals surface area contributed by atoms with Gasteiger partial charge < -0.3 is 10.2 Å². The number of nitrogens with zero attached hydrogens (tertiary/aromatic N) is 1. The maximum Gasteiger partial charge on any atom is 0.251 e. The van der Waals surface area contributed by atoms with Crippen LogP contribution >= 0.6 is 11.6 Å². The highest BCUT2D eigenvalue weighted by molar-refractivity contribution is 6.30. The van der Waals surface area contributed by atoms with Crippen molar-refractivity contribution >= 4 is 23.4 Å². The summed E-state index contributed by atoms with van der Waals surface area (Å²) in [5, 5.41) is 3.46. The number of halogens is 1. The molecule has 2 amide bonds. The van der Waals surface area contributed by atoms with E-state index in [9.17, 15) is 9.59 Å². The van der Waals surface area contributed by atoms with Crippen LogP contribution in [0.1, 0.15) is 55.8 Å². The minimum atomic E-state index is -0.128. The SMILES string of the molecule is CCN(C(=O)CCCNC(=O)c1ccc(Cl)cc1)C1CCCC1. The fraction of sp³-hybridized carbons (Fsp3) is 0.556. The third-order valence-corrected chi connectivity index (χ3v) is 4.64. The molecule has 0 bridgehead atoms. The van der Waals surface area contributed by atoms with Gasteiger partial charge in [0, 0.05) is 36.1 Å². The van der Waals surface area contributed by atoms with Gasteiger partial charge in [-0.15, -0.1) is 0 Å². The molecule has 0 unspecified atom stereocenters. The van der Waals surface area contributed by atoms with Crippen LogP contribution in [0.3, 0.4) is 0 Å². The highest BCUT2D eigenvalue weighted by Crippen LogP contribution is 2.23. The van der Waals surface area contributed by atoms with E-state index in [1.54, 1.807) is 24.3 Å². The van der Waals surface area contributed by atoms with Gasteiger partial charge in [-0.3, -0.25) is 9.59 Å². The Morgan fingerprint density at radius 1 is 1.22 bits per heavy atom. The van der Waals surface area contributed by atoms with Crippen LogP contribution in [-0.4, -0.2) is 35.8 Å². The minimum absolute atomic E-state index is 0.128.